The van der Waals surface area contributed by atoms with Gasteiger partial charge in [0.15, 0.2) is 0 Å². The fourth-order valence-corrected chi connectivity index (χ4v) is 3.13. The molecule has 2 aromatic carbocycles. The Hall–Kier alpha value is -3.55. The lowest BCUT2D eigenvalue weighted by Gasteiger charge is -2.17. The molecule has 0 aliphatic carbocycles. The van der Waals surface area contributed by atoms with Crippen LogP contribution in [-0.2, 0) is 9.59 Å². The van der Waals surface area contributed by atoms with E-state index in [1.807, 2.05) is 25.1 Å². The lowest BCUT2D eigenvalue weighted by Crippen LogP contribution is -2.45. The van der Waals surface area contributed by atoms with Gasteiger partial charge in [-0.25, -0.2) is 0 Å². The van der Waals surface area contributed by atoms with E-state index in [2.05, 4.69) is 10.9 Å². The maximum Gasteiger partial charge on any atom is 0.269 e. The van der Waals surface area contributed by atoms with E-state index in [1.54, 1.807) is 54.5 Å². The molecule has 1 saturated heterocycles. The zero-order valence-corrected chi connectivity index (χ0v) is 16.6. The minimum Gasteiger partial charge on any atom is -0.497 e. The summed E-state index contributed by atoms with van der Waals surface area (Å²) in [7, 11) is 5.31. The highest BCUT2D eigenvalue weighted by Gasteiger charge is 2.35. The quantitative estimate of drug-likeness (QED) is 0.749. The Morgan fingerprint density at radius 1 is 1.10 bits per heavy atom. The van der Waals surface area contributed by atoms with Crippen LogP contribution in [0.15, 0.2) is 48.5 Å². The van der Waals surface area contributed by atoms with Crippen molar-refractivity contribution in [3.05, 3.63) is 54.1 Å². The molecule has 1 fully saturated rings. The summed E-state index contributed by atoms with van der Waals surface area (Å²) in [6, 6.07) is 14.2. The number of anilines is 2. The van der Waals surface area contributed by atoms with Crippen LogP contribution < -0.4 is 25.4 Å². The highest BCUT2D eigenvalue weighted by molar-refractivity contribution is 6.01. The summed E-state index contributed by atoms with van der Waals surface area (Å²) in [5.74, 6) is -0.891. The second-order valence-corrected chi connectivity index (χ2v) is 7.00. The first kappa shape index (κ1) is 20.2. The van der Waals surface area contributed by atoms with Crippen LogP contribution in [0.5, 0.6) is 5.75 Å². The predicted octanol–water partition coefficient (Wildman–Crippen LogP) is 1.58. The first-order valence-corrected chi connectivity index (χ1v) is 9.21. The average Bonchev–Trinajstić information content (AvgIpc) is 3.13. The van der Waals surface area contributed by atoms with Crippen molar-refractivity contribution in [2.75, 3.05) is 37.5 Å². The van der Waals surface area contributed by atoms with Crippen molar-refractivity contribution in [3.63, 3.8) is 0 Å². The van der Waals surface area contributed by atoms with Gasteiger partial charge in [-0.15, -0.1) is 0 Å². The van der Waals surface area contributed by atoms with Gasteiger partial charge < -0.3 is 14.5 Å². The molecular weight excluding hydrogens is 372 g/mol. The molecule has 1 aliphatic rings. The molecule has 0 radical (unpaired) electrons. The summed E-state index contributed by atoms with van der Waals surface area (Å²) in [4.78, 5) is 40.6. The lowest BCUT2D eigenvalue weighted by atomic mass is 10.1. The summed E-state index contributed by atoms with van der Waals surface area (Å²) in [6.45, 7) is 0.240. The maximum absolute atomic E-state index is 12.5. The Labute approximate surface area is 169 Å². The van der Waals surface area contributed by atoms with Crippen molar-refractivity contribution < 1.29 is 19.1 Å². The van der Waals surface area contributed by atoms with Crippen LogP contribution in [0.1, 0.15) is 16.8 Å². The first-order valence-electron chi connectivity index (χ1n) is 9.21. The topological polar surface area (TPSA) is 91.0 Å². The van der Waals surface area contributed by atoms with Gasteiger partial charge in [-0.2, -0.15) is 0 Å². The van der Waals surface area contributed by atoms with Crippen LogP contribution in [0.4, 0.5) is 11.4 Å². The Kier molecular flexibility index (Phi) is 6.01. The Morgan fingerprint density at radius 3 is 2.59 bits per heavy atom. The van der Waals surface area contributed by atoms with Gasteiger partial charge in [-0.3, -0.25) is 25.2 Å². The third-order valence-electron chi connectivity index (χ3n) is 4.78. The second-order valence-electron chi connectivity index (χ2n) is 7.00. The third kappa shape index (κ3) is 4.66. The minimum atomic E-state index is -0.554. The summed E-state index contributed by atoms with van der Waals surface area (Å²) in [5.41, 5.74) is 6.83. The number of nitrogens with one attached hydrogen (secondary N) is 2. The van der Waals surface area contributed by atoms with Gasteiger partial charge in [0.1, 0.15) is 5.75 Å². The van der Waals surface area contributed by atoms with Crippen molar-refractivity contribution in [3.8, 4) is 5.75 Å². The number of hydrogen-bond donors (Lipinski definition) is 2. The number of nitrogens with zero attached hydrogens (tertiary/aromatic N) is 2. The molecule has 0 aromatic heterocycles. The highest BCUT2D eigenvalue weighted by Crippen LogP contribution is 2.27. The Balaban J connectivity index is 1.59. The molecule has 29 heavy (non-hydrogen) atoms. The Morgan fingerprint density at radius 2 is 1.86 bits per heavy atom. The number of amides is 3. The lowest BCUT2D eigenvalue weighted by molar-refractivity contribution is -0.126. The van der Waals surface area contributed by atoms with E-state index in [4.69, 9.17) is 4.74 Å². The van der Waals surface area contributed by atoms with Gasteiger partial charge >= 0.3 is 0 Å². The summed E-state index contributed by atoms with van der Waals surface area (Å²) < 4.78 is 5.19. The summed E-state index contributed by atoms with van der Waals surface area (Å²) in [5, 5.41) is 0. The molecule has 1 aliphatic heterocycles. The second kappa shape index (κ2) is 8.64. The molecular formula is C21H24N4O4. The Bertz CT molecular complexity index is 928. The molecule has 8 heteroatoms. The number of carbonyl (C=O) groups is 3. The highest BCUT2D eigenvalue weighted by atomic mass is 16.5. The maximum atomic E-state index is 12.5. The molecule has 3 rings (SSSR count). The van der Waals surface area contributed by atoms with Gasteiger partial charge in [0.25, 0.3) is 5.91 Å². The number of hydrazine groups is 1. The summed E-state index contributed by atoms with van der Waals surface area (Å²) in [6.07, 6.45) is 0.0784. The van der Waals surface area contributed by atoms with Gasteiger partial charge in [-0.1, -0.05) is 12.1 Å². The van der Waals surface area contributed by atoms with Crippen molar-refractivity contribution in [2.45, 2.75) is 6.42 Å². The van der Waals surface area contributed by atoms with Crippen molar-refractivity contribution >= 4 is 29.1 Å². The summed E-state index contributed by atoms with van der Waals surface area (Å²) >= 11 is 0. The van der Waals surface area contributed by atoms with Crippen LogP contribution in [0.25, 0.3) is 0 Å². The molecule has 2 aromatic rings. The van der Waals surface area contributed by atoms with Crippen LogP contribution in [-0.4, -0.2) is 45.5 Å². The van der Waals surface area contributed by atoms with Crippen LogP contribution in [0, 0.1) is 5.92 Å². The third-order valence-corrected chi connectivity index (χ3v) is 4.78. The van der Waals surface area contributed by atoms with Crippen LogP contribution in [0.3, 0.4) is 0 Å². The van der Waals surface area contributed by atoms with E-state index in [-0.39, 0.29) is 18.9 Å². The largest absolute Gasteiger partial charge is 0.497 e. The van der Waals surface area contributed by atoms with E-state index in [9.17, 15) is 14.4 Å². The molecule has 1 atom stereocenters. The molecule has 1 heterocycles. The van der Waals surface area contributed by atoms with Gasteiger partial charge in [0.2, 0.25) is 11.8 Å². The fraction of sp³-hybridized carbons (Fsp3) is 0.286. The average molecular weight is 396 g/mol. The number of methoxy groups -OCH3 is 1. The van der Waals surface area contributed by atoms with Crippen LogP contribution >= 0.6 is 0 Å². The monoisotopic (exact) mass is 396 g/mol. The van der Waals surface area contributed by atoms with Crippen molar-refractivity contribution in [2.24, 2.45) is 5.92 Å². The minimum absolute atomic E-state index is 0.0784. The van der Waals surface area contributed by atoms with Crippen LogP contribution in [0.2, 0.25) is 0 Å². The number of carbonyl (C=O) groups excluding carboxylic acids is 3. The van der Waals surface area contributed by atoms with E-state index >= 15 is 0 Å². The zero-order valence-electron chi connectivity index (χ0n) is 16.6. The number of benzene rings is 2. The smallest absolute Gasteiger partial charge is 0.269 e. The molecule has 8 nitrogen and oxygen atoms in total. The fourth-order valence-electron chi connectivity index (χ4n) is 3.13. The van der Waals surface area contributed by atoms with E-state index in [0.29, 0.717) is 17.0 Å². The normalized spacial score (nSPS) is 15.8. The molecule has 2 N–H and O–H groups in total. The molecule has 0 spiro atoms. The number of rotatable bonds is 5. The van der Waals surface area contributed by atoms with E-state index in [0.717, 1.165) is 5.69 Å². The molecule has 0 bridgehead atoms. The molecule has 0 unspecified atom stereocenters. The standard InChI is InChI=1S/C21H24N4O4/c1-24(2)16-7-4-6-14(10-16)20(27)22-23-21(28)15-11-19(26)25(13-15)17-8-5-9-18(12-17)29-3/h4-10,12,15H,11,13H2,1-3H3,(H,22,27)(H,23,28)/t15-/m1/s1. The predicted molar refractivity (Wildman–Crippen MR) is 110 cm³/mol. The molecule has 0 saturated carbocycles. The van der Waals surface area contributed by atoms with Crippen molar-refractivity contribution in [1.29, 1.82) is 0 Å². The van der Waals surface area contributed by atoms with Crippen molar-refractivity contribution in [1.82, 2.24) is 10.9 Å². The van der Waals surface area contributed by atoms with Gasteiger partial charge in [0, 0.05) is 50.1 Å². The van der Waals surface area contributed by atoms with Gasteiger partial charge in [0.05, 0.1) is 13.0 Å². The molecule has 152 valence electrons. The number of ether oxygens (including phenoxy) is 1. The first-order chi connectivity index (χ1) is 13.9. The SMILES string of the molecule is COc1cccc(N2C[C@H](C(=O)NNC(=O)c3cccc(N(C)C)c3)CC2=O)c1. The zero-order chi connectivity index (χ0) is 21.0. The van der Waals surface area contributed by atoms with E-state index in [1.165, 1.54) is 0 Å². The molecule has 3 amide bonds. The van der Waals surface area contributed by atoms with Gasteiger partial charge in [-0.05, 0) is 30.3 Å². The number of hydrogen-bond acceptors (Lipinski definition) is 5. The van der Waals surface area contributed by atoms with E-state index < -0.39 is 17.7 Å².